The number of thioether (sulfide) groups is 1. The van der Waals surface area contributed by atoms with Crippen LogP contribution >= 0.6 is 11.8 Å². The molecule has 0 aliphatic rings. The summed E-state index contributed by atoms with van der Waals surface area (Å²) >= 11 is 1.56. The van der Waals surface area contributed by atoms with Gasteiger partial charge in [0.1, 0.15) is 5.82 Å². The van der Waals surface area contributed by atoms with Gasteiger partial charge >= 0.3 is 0 Å². The molecule has 1 aromatic rings. The molecule has 0 spiro atoms. The Morgan fingerprint density at radius 2 is 2.00 bits per heavy atom. The van der Waals surface area contributed by atoms with Crippen LogP contribution in [0.25, 0.3) is 0 Å². The van der Waals surface area contributed by atoms with E-state index in [-0.39, 0.29) is 11.9 Å². The smallest absolute Gasteiger partial charge is 0.137 e. The molecule has 0 heterocycles. The molecular weight excluding hydrogens is 247 g/mol. The molecule has 0 aliphatic heterocycles. The number of nitrogens with two attached hydrogens (primary N) is 1. The zero-order valence-electron chi connectivity index (χ0n) is 11.4. The zero-order valence-corrected chi connectivity index (χ0v) is 12.3. The number of rotatable bonds is 7. The Kier molecular flexibility index (Phi) is 6.68. The van der Waals surface area contributed by atoms with Crippen molar-refractivity contribution in [3.8, 4) is 0 Å². The van der Waals surface area contributed by atoms with Crippen molar-refractivity contribution in [2.45, 2.75) is 31.7 Å². The topological polar surface area (TPSA) is 29.3 Å². The largest absolute Gasteiger partial charge is 0.324 e. The molecule has 1 atom stereocenters. The number of benzene rings is 1. The summed E-state index contributed by atoms with van der Waals surface area (Å²) in [5.74, 6) is 0.733. The molecule has 18 heavy (non-hydrogen) atoms. The van der Waals surface area contributed by atoms with Crippen molar-refractivity contribution < 1.29 is 4.39 Å². The molecule has 0 radical (unpaired) electrons. The van der Waals surface area contributed by atoms with Gasteiger partial charge in [0.2, 0.25) is 0 Å². The van der Waals surface area contributed by atoms with Gasteiger partial charge in [0, 0.05) is 23.2 Å². The molecule has 0 saturated carbocycles. The van der Waals surface area contributed by atoms with Crippen molar-refractivity contribution in [1.29, 1.82) is 0 Å². The van der Waals surface area contributed by atoms with Gasteiger partial charge in [0.05, 0.1) is 0 Å². The first-order chi connectivity index (χ1) is 8.60. The molecule has 0 saturated heterocycles. The first-order valence-corrected chi connectivity index (χ1v) is 7.47. The zero-order chi connectivity index (χ0) is 13.5. The molecule has 0 bridgehead atoms. The first kappa shape index (κ1) is 15.5. The van der Waals surface area contributed by atoms with Gasteiger partial charge in [-0.25, -0.2) is 4.39 Å². The van der Waals surface area contributed by atoms with Crippen molar-refractivity contribution in [3.63, 3.8) is 0 Å². The summed E-state index contributed by atoms with van der Waals surface area (Å²) < 4.78 is 13.8. The first-order valence-electron chi connectivity index (χ1n) is 6.49. The second-order valence-electron chi connectivity index (χ2n) is 4.32. The molecule has 0 amide bonds. The summed E-state index contributed by atoms with van der Waals surface area (Å²) in [7, 11) is 0. The van der Waals surface area contributed by atoms with E-state index in [4.69, 9.17) is 5.73 Å². The molecule has 4 heteroatoms. The summed E-state index contributed by atoms with van der Waals surface area (Å²) in [6.07, 6.45) is 0. The molecule has 0 aromatic heterocycles. The van der Waals surface area contributed by atoms with E-state index in [0.717, 1.165) is 31.0 Å². The second kappa shape index (κ2) is 7.77. The van der Waals surface area contributed by atoms with Gasteiger partial charge in [0.25, 0.3) is 0 Å². The third kappa shape index (κ3) is 4.26. The maximum atomic E-state index is 13.8. The lowest BCUT2D eigenvalue weighted by Gasteiger charge is -2.18. The van der Waals surface area contributed by atoms with E-state index in [0.29, 0.717) is 4.90 Å². The Bertz CT molecular complexity index is 365. The summed E-state index contributed by atoms with van der Waals surface area (Å²) in [6, 6.07) is 5.01. The summed E-state index contributed by atoms with van der Waals surface area (Å²) in [5, 5.41) is 0. The lowest BCUT2D eigenvalue weighted by atomic mass is 10.1. The monoisotopic (exact) mass is 270 g/mol. The van der Waals surface area contributed by atoms with Crippen molar-refractivity contribution >= 4 is 11.8 Å². The summed E-state index contributed by atoms with van der Waals surface area (Å²) in [4.78, 5) is 3.04. The number of hydrogen-bond donors (Lipinski definition) is 1. The van der Waals surface area contributed by atoms with Crippen LogP contribution in [0.1, 0.15) is 32.4 Å². The lowest BCUT2D eigenvalue weighted by Crippen LogP contribution is -2.25. The Labute approximate surface area is 114 Å². The minimum absolute atomic E-state index is 0.128. The van der Waals surface area contributed by atoms with E-state index < -0.39 is 0 Å². The van der Waals surface area contributed by atoms with Crippen LogP contribution in [0, 0.1) is 5.82 Å². The standard InChI is InChI=1S/C14H23FN2S/c1-4-17(5-2)9-10-18-14-12(11(3)16)7-6-8-13(14)15/h6-8,11H,4-5,9-10,16H2,1-3H3/t11-/m1/s1. The SMILES string of the molecule is CCN(CC)CCSc1c(F)cccc1[C@@H](C)N. The number of halogens is 1. The highest BCUT2D eigenvalue weighted by Crippen LogP contribution is 2.29. The molecule has 0 aliphatic carbocycles. The maximum Gasteiger partial charge on any atom is 0.137 e. The highest BCUT2D eigenvalue weighted by molar-refractivity contribution is 7.99. The van der Waals surface area contributed by atoms with Gasteiger partial charge in [-0.05, 0) is 31.6 Å². The van der Waals surface area contributed by atoms with Crippen molar-refractivity contribution in [1.82, 2.24) is 4.90 Å². The number of nitrogens with zero attached hydrogens (tertiary/aromatic N) is 1. The third-order valence-electron chi connectivity index (χ3n) is 3.04. The van der Waals surface area contributed by atoms with Gasteiger partial charge in [-0.3, -0.25) is 0 Å². The van der Waals surface area contributed by atoms with E-state index in [1.807, 2.05) is 13.0 Å². The molecule has 0 unspecified atom stereocenters. The van der Waals surface area contributed by atoms with Crippen LogP contribution in [0.15, 0.2) is 23.1 Å². The highest BCUT2D eigenvalue weighted by Gasteiger charge is 2.12. The molecule has 2 N–H and O–H groups in total. The van der Waals surface area contributed by atoms with E-state index in [9.17, 15) is 4.39 Å². The molecule has 0 fully saturated rings. The van der Waals surface area contributed by atoms with Crippen LogP contribution in [0.4, 0.5) is 4.39 Å². The second-order valence-corrected chi connectivity index (χ2v) is 5.43. The van der Waals surface area contributed by atoms with Gasteiger partial charge in [-0.1, -0.05) is 26.0 Å². The van der Waals surface area contributed by atoms with Gasteiger partial charge < -0.3 is 10.6 Å². The van der Waals surface area contributed by atoms with E-state index >= 15 is 0 Å². The fourth-order valence-corrected chi connectivity index (χ4v) is 3.03. The van der Waals surface area contributed by atoms with Crippen LogP contribution in [-0.4, -0.2) is 30.3 Å². The van der Waals surface area contributed by atoms with Gasteiger partial charge in [-0.15, -0.1) is 11.8 Å². The van der Waals surface area contributed by atoms with Crippen LogP contribution < -0.4 is 5.73 Å². The molecule has 1 rings (SSSR count). The van der Waals surface area contributed by atoms with E-state index in [2.05, 4.69) is 18.7 Å². The summed E-state index contributed by atoms with van der Waals surface area (Å²) in [5.41, 5.74) is 6.78. The molecular formula is C14H23FN2S. The Hall–Kier alpha value is -0.580. The summed E-state index contributed by atoms with van der Waals surface area (Å²) in [6.45, 7) is 9.23. The van der Waals surface area contributed by atoms with Crippen LogP contribution in [0.5, 0.6) is 0 Å². The van der Waals surface area contributed by atoms with Crippen LogP contribution in [0.3, 0.4) is 0 Å². The number of hydrogen-bond acceptors (Lipinski definition) is 3. The quantitative estimate of drug-likeness (QED) is 0.771. The van der Waals surface area contributed by atoms with E-state index in [1.165, 1.54) is 6.07 Å². The molecule has 2 nitrogen and oxygen atoms in total. The third-order valence-corrected chi connectivity index (χ3v) is 4.14. The van der Waals surface area contributed by atoms with Gasteiger partial charge in [0.15, 0.2) is 0 Å². The molecule has 102 valence electrons. The molecule has 1 aromatic carbocycles. The normalized spacial score (nSPS) is 13.0. The predicted octanol–water partition coefficient (Wildman–Crippen LogP) is 3.28. The Morgan fingerprint density at radius 3 is 2.56 bits per heavy atom. The minimum Gasteiger partial charge on any atom is -0.324 e. The van der Waals surface area contributed by atoms with Crippen LogP contribution in [-0.2, 0) is 0 Å². The maximum absolute atomic E-state index is 13.8. The Balaban J connectivity index is 2.66. The fraction of sp³-hybridized carbons (Fsp3) is 0.571. The Morgan fingerprint density at radius 1 is 1.33 bits per heavy atom. The van der Waals surface area contributed by atoms with E-state index in [1.54, 1.807) is 17.8 Å². The lowest BCUT2D eigenvalue weighted by molar-refractivity contribution is 0.324. The van der Waals surface area contributed by atoms with Crippen molar-refractivity contribution in [3.05, 3.63) is 29.6 Å². The average molecular weight is 270 g/mol. The average Bonchev–Trinajstić information content (AvgIpc) is 2.36. The van der Waals surface area contributed by atoms with Crippen molar-refractivity contribution in [2.75, 3.05) is 25.4 Å². The fourth-order valence-electron chi connectivity index (χ4n) is 1.85. The van der Waals surface area contributed by atoms with Crippen LogP contribution in [0.2, 0.25) is 0 Å². The minimum atomic E-state index is -0.158. The highest BCUT2D eigenvalue weighted by atomic mass is 32.2. The predicted molar refractivity (Wildman–Crippen MR) is 77.5 cm³/mol. The van der Waals surface area contributed by atoms with Crippen molar-refractivity contribution in [2.24, 2.45) is 5.73 Å². The van der Waals surface area contributed by atoms with Gasteiger partial charge in [-0.2, -0.15) is 0 Å².